The van der Waals surface area contributed by atoms with Gasteiger partial charge in [0.15, 0.2) is 0 Å². The van der Waals surface area contributed by atoms with Crippen LogP contribution in [0.4, 0.5) is 8.78 Å². The van der Waals surface area contributed by atoms with Crippen molar-refractivity contribution >= 4 is 17.6 Å². The van der Waals surface area contributed by atoms with Gasteiger partial charge in [-0.3, -0.25) is 4.98 Å². The summed E-state index contributed by atoms with van der Waals surface area (Å²) in [6, 6.07) is 0. The summed E-state index contributed by atoms with van der Waals surface area (Å²) >= 11 is 5.78. The molecule has 1 heterocycles. The van der Waals surface area contributed by atoms with Crippen molar-refractivity contribution in [1.82, 2.24) is 4.98 Å². The summed E-state index contributed by atoms with van der Waals surface area (Å²) in [7, 11) is 0. The van der Waals surface area contributed by atoms with Gasteiger partial charge in [-0.2, -0.15) is 0 Å². The molecule has 0 spiro atoms. The first-order chi connectivity index (χ1) is 7.49. The molecule has 0 aliphatic rings. The lowest BCUT2D eigenvalue weighted by molar-refractivity contribution is 0.0515. The second kappa shape index (κ2) is 5.21. The number of ether oxygens (including phenoxy) is 1. The predicted molar refractivity (Wildman–Crippen MR) is 54.9 cm³/mol. The molecular weight excluding hydrogens is 240 g/mol. The van der Waals surface area contributed by atoms with Crippen molar-refractivity contribution in [2.75, 3.05) is 6.61 Å². The minimum absolute atomic E-state index is 0.0868. The van der Waals surface area contributed by atoms with Gasteiger partial charge in [0, 0.05) is 6.20 Å². The molecular formula is C10H10ClF2NO2. The van der Waals surface area contributed by atoms with E-state index in [1.807, 2.05) is 0 Å². The molecule has 0 atom stereocenters. The van der Waals surface area contributed by atoms with Crippen molar-refractivity contribution < 1.29 is 18.3 Å². The summed E-state index contributed by atoms with van der Waals surface area (Å²) in [5.41, 5.74) is -0.491. The Morgan fingerprint density at radius 2 is 2.25 bits per heavy atom. The van der Waals surface area contributed by atoms with E-state index in [-0.39, 0.29) is 17.2 Å². The minimum atomic E-state index is -2.81. The van der Waals surface area contributed by atoms with Crippen molar-refractivity contribution in [1.29, 1.82) is 0 Å². The van der Waals surface area contributed by atoms with E-state index < -0.39 is 18.0 Å². The van der Waals surface area contributed by atoms with Gasteiger partial charge in [0.2, 0.25) is 0 Å². The molecule has 0 aromatic carbocycles. The first-order valence-corrected chi connectivity index (χ1v) is 4.97. The summed E-state index contributed by atoms with van der Waals surface area (Å²) < 4.78 is 29.9. The number of esters is 1. The number of carbonyl (C=O) groups is 1. The average Bonchev–Trinajstić information content (AvgIpc) is 2.21. The number of hydrogen-bond donors (Lipinski definition) is 0. The van der Waals surface area contributed by atoms with Crippen LogP contribution < -0.4 is 0 Å². The first-order valence-electron chi connectivity index (χ1n) is 4.59. The van der Waals surface area contributed by atoms with E-state index in [4.69, 9.17) is 11.6 Å². The zero-order valence-corrected chi connectivity index (χ0v) is 9.52. The number of halogens is 3. The summed E-state index contributed by atoms with van der Waals surface area (Å²) in [6.07, 6.45) is -1.87. The first kappa shape index (κ1) is 12.8. The second-order valence-electron chi connectivity index (χ2n) is 3.01. The number of rotatable bonds is 3. The Labute approximate surface area is 96.4 Å². The van der Waals surface area contributed by atoms with Gasteiger partial charge in [-0.25, -0.2) is 13.6 Å². The molecule has 88 valence electrons. The van der Waals surface area contributed by atoms with E-state index >= 15 is 0 Å². The highest BCUT2D eigenvalue weighted by Gasteiger charge is 2.24. The quantitative estimate of drug-likeness (QED) is 0.773. The predicted octanol–water partition coefficient (Wildman–Crippen LogP) is 3.16. The van der Waals surface area contributed by atoms with E-state index in [2.05, 4.69) is 9.72 Å². The molecule has 0 aliphatic heterocycles. The second-order valence-corrected chi connectivity index (χ2v) is 3.39. The van der Waals surface area contributed by atoms with Crippen LogP contribution in [0.5, 0.6) is 0 Å². The Bertz CT molecular complexity index is 410. The monoisotopic (exact) mass is 249 g/mol. The van der Waals surface area contributed by atoms with Crippen LogP contribution in [0.1, 0.15) is 35.0 Å². The number of carbonyl (C=O) groups excluding carboxylic acids is 1. The van der Waals surface area contributed by atoms with E-state index in [0.29, 0.717) is 5.69 Å². The number of nitrogens with zero attached hydrogens (tertiary/aromatic N) is 1. The summed E-state index contributed by atoms with van der Waals surface area (Å²) in [6.45, 7) is 3.21. The minimum Gasteiger partial charge on any atom is -0.462 e. The lowest BCUT2D eigenvalue weighted by atomic mass is 10.1. The number of pyridine rings is 1. The smallest absolute Gasteiger partial charge is 0.340 e. The van der Waals surface area contributed by atoms with Crippen LogP contribution in [0.25, 0.3) is 0 Å². The van der Waals surface area contributed by atoms with E-state index in [1.165, 1.54) is 6.92 Å². The third-order valence-electron chi connectivity index (χ3n) is 1.94. The SMILES string of the molecule is CCOC(=O)c1c(C(F)F)cnc(C)c1Cl. The normalized spacial score (nSPS) is 10.6. The van der Waals surface area contributed by atoms with Gasteiger partial charge >= 0.3 is 5.97 Å². The van der Waals surface area contributed by atoms with Crippen LogP contribution in [0, 0.1) is 6.92 Å². The number of hydrogen-bond acceptors (Lipinski definition) is 3. The molecule has 0 N–H and O–H groups in total. The third-order valence-corrected chi connectivity index (χ3v) is 2.40. The van der Waals surface area contributed by atoms with Crippen LogP contribution in [0.2, 0.25) is 5.02 Å². The average molecular weight is 250 g/mol. The molecule has 3 nitrogen and oxygen atoms in total. The van der Waals surface area contributed by atoms with E-state index in [0.717, 1.165) is 6.20 Å². The van der Waals surface area contributed by atoms with E-state index in [9.17, 15) is 13.6 Å². The number of alkyl halides is 2. The van der Waals surface area contributed by atoms with Gasteiger partial charge in [0.05, 0.1) is 28.5 Å². The maximum Gasteiger partial charge on any atom is 0.340 e. The third kappa shape index (κ3) is 2.47. The zero-order valence-electron chi connectivity index (χ0n) is 8.76. The van der Waals surface area contributed by atoms with Gasteiger partial charge in [-0.05, 0) is 13.8 Å². The van der Waals surface area contributed by atoms with Crippen LogP contribution in [0.15, 0.2) is 6.20 Å². The molecule has 1 rings (SSSR count). The molecule has 0 radical (unpaired) electrons. The number of aromatic nitrogens is 1. The summed E-state index contributed by atoms with van der Waals surface area (Å²) in [5, 5.41) is -0.0868. The Hall–Kier alpha value is -1.23. The van der Waals surface area contributed by atoms with Crippen LogP contribution in [0.3, 0.4) is 0 Å². The fraction of sp³-hybridized carbons (Fsp3) is 0.400. The van der Waals surface area contributed by atoms with Crippen molar-refractivity contribution in [2.45, 2.75) is 20.3 Å². The van der Waals surface area contributed by atoms with Gasteiger partial charge < -0.3 is 4.74 Å². The van der Waals surface area contributed by atoms with Crippen LogP contribution in [-0.4, -0.2) is 17.6 Å². The van der Waals surface area contributed by atoms with Crippen molar-refractivity contribution in [3.8, 4) is 0 Å². The van der Waals surface area contributed by atoms with Crippen molar-refractivity contribution in [3.05, 3.63) is 28.0 Å². The molecule has 0 saturated carbocycles. The van der Waals surface area contributed by atoms with Crippen molar-refractivity contribution in [2.24, 2.45) is 0 Å². The largest absolute Gasteiger partial charge is 0.462 e. The molecule has 0 bridgehead atoms. The standard InChI is InChI=1S/C10H10ClF2NO2/c1-3-16-10(15)7-6(9(12)13)4-14-5(2)8(7)11/h4,9H,3H2,1-2H3. The molecule has 1 aromatic heterocycles. The fourth-order valence-corrected chi connectivity index (χ4v) is 1.41. The molecule has 0 unspecified atom stereocenters. The summed E-state index contributed by atoms with van der Waals surface area (Å²) in [4.78, 5) is 15.2. The van der Waals surface area contributed by atoms with Gasteiger partial charge in [0.1, 0.15) is 0 Å². The Balaban J connectivity index is 3.31. The molecule has 6 heteroatoms. The highest BCUT2D eigenvalue weighted by atomic mass is 35.5. The molecule has 0 amide bonds. The van der Waals surface area contributed by atoms with Crippen LogP contribution in [-0.2, 0) is 4.74 Å². The molecule has 0 fully saturated rings. The van der Waals surface area contributed by atoms with Crippen LogP contribution >= 0.6 is 11.6 Å². The maximum absolute atomic E-state index is 12.6. The molecule has 1 aromatic rings. The Morgan fingerprint density at radius 3 is 2.75 bits per heavy atom. The van der Waals surface area contributed by atoms with Crippen molar-refractivity contribution in [3.63, 3.8) is 0 Å². The molecule has 16 heavy (non-hydrogen) atoms. The lowest BCUT2D eigenvalue weighted by Crippen LogP contribution is -2.11. The Morgan fingerprint density at radius 1 is 1.62 bits per heavy atom. The van der Waals surface area contributed by atoms with Gasteiger partial charge in [-0.1, -0.05) is 11.6 Å². The van der Waals surface area contributed by atoms with E-state index in [1.54, 1.807) is 6.92 Å². The Kier molecular flexibility index (Phi) is 4.18. The molecule has 0 saturated heterocycles. The highest BCUT2D eigenvalue weighted by molar-refractivity contribution is 6.34. The number of aryl methyl sites for hydroxylation is 1. The maximum atomic E-state index is 12.6. The zero-order chi connectivity index (χ0) is 12.3. The highest BCUT2D eigenvalue weighted by Crippen LogP contribution is 2.29. The van der Waals surface area contributed by atoms with Gasteiger partial charge in [0.25, 0.3) is 6.43 Å². The summed E-state index contributed by atoms with van der Waals surface area (Å²) in [5.74, 6) is -0.853. The topological polar surface area (TPSA) is 39.2 Å². The van der Waals surface area contributed by atoms with Gasteiger partial charge in [-0.15, -0.1) is 0 Å². The molecule has 0 aliphatic carbocycles. The lowest BCUT2D eigenvalue weighted by Gasteiger charge is -2.10. The fourth-order valence-electron chi connectivity index (χ4n) is 1.17.